The molecule has 0 spiro atoms. The second kappa shape index (κ2) is 4.00. The molecular formula is C11H13NO3. The van der Waals surface area contributed by atoms with Crippen molar-refractivity contribution in [1.29, 1.82) is 0 Å². The number of fused-ring (bicyclic) bond motifs is 1. The van der Waals surface area contributed by atoms with Gasteiger partial charge in [-0.1, -0.05) is 6.07 Å². The highest BCUT2D eigenvalue weighted by atomic mass is 16.5. The molecule has 1 aromatic carbocycles. The van der Waals surface area contributed by atoms with Crippen molar-refractivity contribution >= 4 is 5.97 Å². The summed E-state index contributed by atoms with van der Waals surface area (Å²) < 4.78 is 9.95. The van der Waals surface area contributed by atoms with E-state index in [1.807, 2.05) is 6.07 Å². The Labute approximate surface area is 88.0 Å². The molecule has 4 nitrogen and oxygen atoms in total. The maximum atomic E-state index is 11.3. The van der Waals surface area contributed by atoms with E-state index < -0.39 is 0 Å². The van der Waals surface area contributed by atoms with Crippen LogP contribution in [0.2, 0.25) is 0 Å². The minimum atomic E-state index is -0.337. The van der Waals surface area contributed by atoms with Gasteiger partial charge in [0.1, 0.15) is 0 Å². The number of esters is 1. The molecule has 2 N–H and O–H groups in total. The predicted molar refractivity (Wildman–Crippen MR) is 54.4 cm³/mol. The molecule has 15 heavy (non-hydrogen) atoms. The number of rotatable bonds is 1. The van der Waals surface area contributed by atoms with Crippen molar-refractivity contribution in [2.24, 2.45) is 5.73 Å². The number of carbonyl (C=O) groups is 1. The van der Waals surface area contributed by atoms with E-state index in [9.17, 15) is 4.79 Å². The fourth-order valence-electron chi connectivity index (χ4n) is 1.70. The molecule has 4 heteroatoms. The summed E-state index contributed by atoms with van der Waals surface area (Å²) in [6, 6.07) is 5.22. The zero-order valence-corrected chi connectivity index (χ0v) is 8.53. The van der Waals surface area contributed by atoms with E-state index in [1.54, 1.807) is 12.1 Å². The second-order valence-corrected chi connectivity index (χ2v) is 3.53. The van der Waals surface area contributed by atoms with E-state index in [1.165, 1.54) is 7.11 Å². The zero-order valence-electron chi connectivity index (χ0n) is 8.53. The number of nitrogens with two attached hydrogens (primary N) is 1. The lowest BCUT2D eigenvalue weighted by Gasteiger charge is -2.22. The third-order valence-electron chi connectivity index (χ3n) is 2.52. The fourth-order valence-corrected chi connectivity index (χ4v) is 1.70. The van der Waals surface area contributed by atoms with Crippen LogP contribution in [0.3, 0.4) is 0 Å². The Morgan fingerprint density at radius 3 is 3.13 bits per heavy atom. The monoisotopic (exact) mass is 207 g/mol. The van der Waals surface area contributed by atoms with Crippen LogP contribution in [0.25, 0.3) is 0 Å². The molecule has 1 aliphatic rings. The van der Waals surface area contributed by atoms with Crippen LogP contribution in [0.5, 0.6) is 0 Å². The Kier molecular flexibility index (Phi) is 2.70. The summed E-state index contributed by atoms with van der Waals surface area (Å²) >= 11 is 0. The second-order valence-electron chi connectivity index (χ2n) is 3.53. The van der Waals surface area contributed by atoms with Gasteiger partial charge in [-0.3, -0.25) is 0 Å². The summed E-state index contributed by atoms with van der Waals surface area (Å²) in [5, 5.41) is 0. The molecule has 0 amide bonds. The molecule has 1 heterocycles. The molecule has 0 saturated carbocycles. The van der Waals surface area contributed by atoms with Crippen molar-refractivity contribution in [2.45, 2.75) is 12.6 Å². The number of hydrogen-bond donors (Lipinski definition) is 1. The molecule has 0 fully saturated rings. The maximum Gasteiger partial charge on any atom is 0.337 e. The van der Waals surface area contributed by atoms with E-state index in [0.717, 1.165) is 11.1 Å². The average Bonchev–Trinajstić information content (AvgIpc) is 2.28. The van der Waals surface area contributed by atoms with Crippen LogP contribution in [-0.2, 0) is 16.1 Å². The molecule has 0 aromatic heterocycles. The molecule has 0 unspecified atom stereocenters. The number of ether oxygens (including phenoxy) is 2. The van der Waals surface area contributed by atoms with Crippen molar-refractivity contribution in [3.63, 3.8) is 0 Å². The minimum absolute atomic E-state index is 0.154. The van der Waals surface area contributed by atoms with Crippen molar-refractivity contribution in [1.82, 2.24) is 0 Å². The van der Waals surface area contributed by atoms with Crippen LogP contribution in [-0.4, -0.2) is 19.7 Å². The van der Waals surface area contributed by atoms with Gasteiger partial charge in [0.15, 0.2) is 0 Å². The number of carbonyl (C=O) groups excluding carboxylic acids is 1. The SMILES string of the molecule is COC(=O)c1ccc2c(c1)[C@@H](N)COC2. The molecule has 0 radical (unpaired) electrons. The van der Waals surface area contributed by atoms with E-state index >= 15 is 0 Å². The Bertz CT molecular complexity index is 389. The molecule has 2 rings (SSSR count). The number of hydrogen-bond acceptors (Lipinski definition) is 4. The standard InChI is InChI=1S/C11H13NO3/c1-14-11(13)7-2-3-8-5-15-6-10(12)9(8)4-7/h2-4,10H,5-6,12H2,1H3/t10-/m0/s1. The first-order valence-corrected chi connectivity index (χ1v) is 4.77. The summed E-state index contributed by atoms with van der Waals surface area (Å²) in [5.74, 6) is -0.337. The van der Waals surface area contributed by atoms with Gasteiger partial charge in [-0.15, -0.1) is 0 Å². The van der Waals surface area contributed by atoms with Gasteiger partial charge in [-0.05, 0) is 23.3 Å². The minimum Gasteiger partial charge on any atom is -0.465 e. The molecule has 1 aromatic rings. The van der Waals surface area contributed by atoms with Crippen molar-refractivity contribution in [3.05, 3.63) is 34.9 Å². The van der Waals surface area contributed by atoms with Crippen LogP contribution in [0, 0.1) is 0 Å². The van der Waals surface area contributed by atoms with Gasteiger partial charge in [0.2, 0.25) is 0 Å². The van der Waals surface area contributed by atoms with Crippen molar-refractivity contribution in [2.75, 3.05) is 13.7 Å². The zero-order chi connectivity index (χ0) is 10.8. The number of benzene rings is 1. The first-order chi connectivity index (χ1) is 7.22. The van der Waals surface area contributed by atoms with Gasteiger partial charge in [-0.2, -0.15) is 0 Å². The summed E-state index contributed by atoms with van der Waals surface area (Å²) in [7, 11) is 1.37. The van der Waals surface area contributed by atoms with E-state index in [2.05, 4.69) is 4.74 Å². The lowest BCUT2D eigenvalue weighted by Crippen LogP contribution is -2.24. The van der Waals surface area contributed by atoms with Crippen molar-refractivity contribution in [3.8, 4) is 0 Å². The summed E-state index contributed by atoms with van der Waals surface area (Å²) in [4.78, 5) is 11.3. The van der Waals surface area contributed by atoms with Crippen LogP contribution < -0.4 is 5.73 Å². The van der Waals surface area contributed by atoms with Crippen LogP contribution in [0.15, 0.2) is 18.2 Å². The van der Waals surface area contributed by atoms with E-state index in [0.29, 0.717) is 18.8 Å². The van der Waals surface area contributed by atoms with Crippen LogP contribution in [0.1, 0.15) is 27.5 Å². The normalized spacial score (nSPS) is 19.5. The molecule has 80 valence electrons. The maximum absolute atomic E-state index is 11.3. The van der Waals surface area contributed by atoms with E-state index in [-0.39, 0.29) is 12.0 Å². The van der Waals surface area contributed by atoms with Crippen LogP contribution >= 0.6 is 0 Å². The largest absolute Gasteiger partial charge is 0.465 e. The molecule has 0 saturated heterocycles. The van der Waals surface area contributed by atoms with Gasteiger partial charge >= 0.3 is 5.97 Å². The molecule has 0 aliphatic carbocycles. The molecule has 1 aliphatic heterocycles. The lowest BCUT2D eigenvalue weighted by molar-refractivity contribution is 0.0599. The quantitative estimate of drug-likeness (QED) is 0.698. The Morgan fingerprint density at radius 1 is 1.60 bits per heavy atom. The third-order valence-corrected chi connectivity index (χ3v) is 2.52. The average molecular weight is 207 g/mol. The van der Waals surface area contributed by atoms with Crippen LogP contribution in [0.4, 0.5) is 0 Å². The Hall–Kier alpha value is -1.39. The highest BCUT2D eigenvalue weighted by molar-refractivity contribution is 5.89. The Morgan fingerprint density at radius 2 is 2.40 bits per heavy atom. The van der Waals surface area contributed by atoms with Gasteiger partial charge in [0.05, 0.1) is 31.9 Å². The summed E-state index contributed by atoms with van der Waals surface area (Å²) in [5.41, 5.74) is 8.43. The number of methoxy groups -OCH3 is 1. The highest BCUT2D eigenvalue weighted by Gasteiger charge is 2.19. The first kappa shape index (κ1) is 10.1. The predicted octanol–water partition coefficient (Wildman–Crippen LogP) is 1.00. The smallest absolute Gasteiger partial charge is 0.337 e. The van der Waals surface area contributed by atoms with Gasteiger partial charge in [-0.25, -0.2) is 4.79 Å². The van der Waals surface area contributed by atoms with E-state index in [4.69, 9.17) is 10.5 Å². The summed E-state index contributed by atoms with van der Waals surface area (Å²) in [6.45, 7) is 1.06. The third kappa shape index (κ3) is 1.86. The first-order valence-electron chi connectivity index (χ1n) is 4.77. The highest BCUT2D eigenvalue weighted by Crippen LogP contribution is 2.24. The van der Waals surface area contributed by atoms with Crippen molar-refractivity contribution < 1.29 is 14.3 Å². The Balaban J connectivity index is 2.39. The van der Waals surface area contributed by atoms with Gasteiger partial charge in [0, 0.05) is 0 Å². The topological polar surface area (TPSA) is 61.5 Å². The fraction of sp³-hybridized carbons (Fsp3) is 0.364. The molecule has 1 atom stereocenters. The molecular weight excluding hydrogens is 194 g/mol. The molecule has 0 bridgehead atoms. The van der Waals surface area contributed by atoms with Gasteiger partial charge in [0.25, 0.3) is 0 Å². The lowest BCUT2D eigenvalue weighted by atomic mass is 9.97. The van der Waals surface area contributed by atoms with Gasteiger partial charge < -0.3 is 15.2 Å². The summed E-state index contributed by atoms with van der Waals surface area (Å²) in [6.07, 6.45) is 0.